The lowest BCUT2D eigenvalue weighted by Gasteiger charge is -2.40. The number of nitrogens with zero attached hydrogens (tertiary/aromatic N) is 1. The average molecular weight is 401 g/mol. The number of methoxy groups -OCH3 is 1. The summed E-state index contributed by atoms with van der Waals surface area (Å²) in [5.74, 6) is -0.136. The summed E-state index contributed by atoms with van der Waals surface area (Å²) < 4.78 is 5.20. The van der Waals surface area contributed by atoms with Crippen LogP contribution in [-0.4, -0.2) is 43.5 Å². The highest BCUT2D eigenvalue weighted by Crippen LogP contribution is 2.37. The number of hydrogen-bond donors (Lipinski definition) is 1. The van der Waals surface area contributed by atoms with Gasteiger partial charge in [0, 0.05) is 31.5 Å². The zero-order valence-corrected chi connectivity index (χ0v) is 17.3. The Bertz CT molecular complexity index is 774. The first-order chi connectivity index (χ1) is 13.6. The summed E-state index contributed by atoms with van der Waals surface area (Å²) in [6, 6.07) is 12.0. The summed E-state index contributed by atoms with van der Waals surface area (Å²) in [5, 5.41) is 5.14. The topological polar surface area (TPSA) is 58.6 Å². The van der Waals surface area contributed by atoms with Gasteiger partial charge in [0.05, 0.1) is 18.6 Å². The summed E-state index contributed by atoms with van der Waals surface area (Å²) in [6.07, 6.45) is 1.80. The number of nitrogens with one attached hydrogen (secondary N) is 1. The van der Waals surface area contributed by atoms with Crippen LogP contribution in [0.15, 0.2) is 41.8 Å². The zero-order chi connectivity index (χ0) is 19.9. The van der Waals surface area contributed by atoms with Gasteiger partial charge in [0.2, 0.25) is 11.8 Å². The van der Waals surface area contributed by atoms with Gasteiger partial charge in [-0.05, 0) is 36.8 Å². The summed E-state index contributed by atoms with van der Waals surface area (Å²) >= 11 is 1.70. The molecule has 2 amide bonds. The van der Waals surface area contributed by atoms with E-state index < -0.39 is 0 Å². The van der Waals surface area contributed by atoms with Crippen LogP contribution in [0.25, 0.3) is 0 Å². The van der Waals surface area contributed by atoms with E-state index in [4.69, 9.17) is 4.74 Å². The maximum Gasteiger partial charge on any atom is 0.225 e. The quantitative estimate of drug-likeness (QED) is 0.739. The lowest BCUT2D eigenvalue weighted by molar-refractivity contribution is -0.144. The Hall–Kier alpha value is -2.18. The summed E-state index contributed by atoms with van der Waals surface area (Å²) in [6.45, 7) is 3.60. The number of amides is 2. The molecular weight excluding hydrogens is 372 g/mol. The molecule has 1 saturated heterocycles. The smallest absolute Gasteiger partial charge is 0.225 e. The molecule has 1 aliphatic rings. The van der Waals surface area contributed by atoms with Crippen LogP contribution in [0.5, 0.6) is 0 Å². The van der Waals surface area contributed by atoms with E-state index >= 15 is 0 Å². The van der Waals surface area contributed by atoms with Gasteiger partial charge in [-0.1, -0.05) is 35.9 Å². The molecule has 28 heavy (non-hydrogen) atoms. The predicted octanol–water partition coefficient (Wildman–Crippen LogP) is 3.34. The Morgan fingerprint density at radius 2 is 2.07 bits per heavy atom. The zero-order valence-electron chi connectivity index (χ0n) is 16.5. The molecule has 1 fully saturated rings. The molecule has 5 nitrogen and oxygen atoms in total. The third kappa shape index (κ3) is 5.00. The molecule has 0 unspecified atom stereocenters. The van der Waals surface area contributed by atoms with Crippen molar-refractivity contribution in [3.05, 3.63) is 57.8 Å². The van der Waals surface area contributed by atoms with Crippen LogP contribution in [0.4, 0.5) is 0 Å². The molecule has 0 bridgehead atoms. The van der Waals surface area contributed by atoms with Crippen LogP contribution in [0.3, 0.4) is 0 Å². The molecule has 150 valence electrons. The van der Waals surface area contributed by atoms with E-state index in [0.29, 0.717) is 32.5 Å². The van der Waals surface area contributed by atoms with Crippen molar-refractivity contribution in [2.75, 3.05) is 26.8 Å². The van der Waals surface area contributed by atoms with Crippen LogP contribution < -0.4 is 5.32 Å². The fourth-order valence-electron chi connectivity index (χ4n) is 3.75. The number of piperidine rings is 1. The first-order valence-corrected chi connectivity index (χ1v) is 10.6. The van der Waals surface area contributed by atoms with Crippen molar-refractivity contribution in [3.63, 3.8) is 0 Å². The van der Waals surface area contributed by atoms with Gasteiger partial charge in [0.1, 0.15) is 0 Å². The van der Waals surface area contributed by atoms with Gasteiger partial charge in [-0.25, -0.2) is 0 Å². The maximum absolute atomic E-state index is 13.0. The fourth-order valence-corrected chi connectivity index (χ4v) is 4.46. The lowest BCUT2D eigenvalue weighted by Crippen LogP contribution is -2.49. The average Bonchev–Trinajstić information content (AvgIpc) is 3.21. The Morgan fingerprint density at radius 1 is 1.29 bits per heavy atom. The molecule has 0 aliphatic carbocycles. The normalized spacial score (nSPS) is 19.6. The third-order valence-electron chi connectivity index (χ3n) is 5.25. The fraction of sp³-hybridized carbons (Fsp3) is 0.455. The number of aryl methyl sites for hydroxylation is 1. The van der Waals surface area contributed by atoms with E-state index in [1.54, 1.807) is 18.4 Å². The third-order valence-corrected chi connectivity index (χ3v) is 6.19. The predicted molar refractivity (Wildman–Crippen MR) is 111 cm³/mol. The number of carbonyl (C=O) groups excluding carboxylic acids is 2. The van der Waals surface area contributed by atoms with Crippen molar-refractivity contribution in [2.24, 2.45) is 5.92 Å². The van der Waals surface area contributed by atoms with Gasteiger partial charge in [-0.2, -0.15) is 0 Å². The largest absolute Gasteiger partial charge is 0.383 e. The highest BCUT2D eigenvalue weighted by Gasteiger charge is 2.40. The lowest BCUT2D eigenvalue weighted by atomic mass is 9.83. The molecule has 0 radical (unpaired) electrons. The second-order valence-corrected chi connectivity index (χ2v) is 8.23. The van der Waals surface area contributed by atoms with Gasteiger partial charge in [-0.15, -0.1) is 11.3 Å². The second kappa shape index (κ2) is 9.85. The first kappa shape index (κ1) is 20.6. The monoisotopic (exact) mass is 400 g/mol. The van der Waals surface area contributed by atoms with E-state index in [0.717, 1.165) is 17.5 Å². The van der Waals surface area contributed by atoms with E-state index in [-0.39, 0.29) is 23.8 Å². The van der Waals surface area contributed by atoms with Gasteiger partial charge < -0.3 is 15.0 Å². The molecule has 1 aromatic carbocycles. The summed E-state index contributed by atoms with van der Waals surface area (Å²) in [7, 11) is 1.63. The minimum Gasteiger partial charge on any atom is -0.383 e. The SMILES string of the molecule is COCCN1C(=O)CC[C@@H](C(=O)NCCc2cccs2)[C@H]1c1ccc(C)cc1. The van der Waals surface area contributed by atoms with E-state index in [1.165, 1.54) is 4.88 Å². The Kier molecular flexibility index (Phi) is 7.23. The minimum atomic E-state index is -0.251. The molecule has 2 heterocycles. The summed E-state index contributed by atoms with van der Waals surface area (Å²) in [5.41, 5.74) is 2.17. The number of ether oxygens (including phenoxy) is 1. The summed E-state index contributed by atoms with van der Waals surface area (Å²) in [4.78, 5) is 28.7. The van der Waals surface area contributed by atoms with Crippen molar-refractivity contribution < 1.29 is 14.3 Å². The first-order valence-electron chi connectivity index (χ1n) is 9.75. The number of rotatable bonds is 8. The van der Waals surface area contributed by atoms with Gasteiger partial charge in [0.25, 0.3) is 0 Å². The van der Waals surface area contributed by atoms with Crippen molar-refractivity contribution in [3.8, 4) is 0 Å². The Labute approximate surface area is 170 Å². The van der Waals surface area contributed by atoms with Gasteiger partial charge >= 0.3 is 0 Å². The highest BCUT2D eigenvalue weighted by atomic mass is 32.1. The molecule has 2 atom stereocenters. The van der Waals surface area contributed by atoms with Crippen LogP contribution in [0, 0.1) is 12.8 Å². The molecule has 0 spiro atoms. The molecule has 0 saturated carbocycles. The molecule has 3 rings (SSSR count). The Balaban J connectivity index is 1.76. The van der Waals surface area contributed by atoms with Gasteiger partial charge in [0.15, 0.2) is 0 Å². The number of carbonyl (C=O) groups is 2. The second-order valence-electron chi connectivity index (χ2n) is 7.20. The highest BCUT2D eigenvalue weighted by molar-refractivity contribution is 7.09. The van der Waals surface area contributed by atoms with Crippen molar-refractivity contribution >= 4 is 23.2 Å². The van der Waals surface area contributed by atoms with E-state index in [1.807, 2.05) is 47.5 Å². The standard InChI is InChI=1S/C22H28N2O3S/c1-16-5-7-17(8-6-16)21-19(9-10-20(25)24(21)13-14-27-2)22(26)23-12-11-18-4-3-15-28-18/h3-8,15,19,21H,9-14H2,1-2H3,(H,23,26)/t19-,21-/m1/s1. The molecule has 1 N–H and O–H groups in total. The molecule has 2 aromatic rings. The van der Waals surface area contributed by atoms with Gasteiger partial charge in [-0.3, -0.25) is 9.59 Å². The van der Waals surface area contributed by atoms with E-state index in [2.05, 4.69) is 11.4 Å². The maximum atomic E-state index is 13.0. The van der Waals surface area contributed by atoms with Crippen molar-refractivity contribution in [1.82, 2.24) is 10.2 Å². The molecule has 6 heteroatoms. The number of thiophene rings is 1. The van der Waals surface area contributed by atoms with Crippen LogP contribution in [-0.2, 0) is 20.7 Å². The van der Waals surface area contributed by atoms with Crippen molar-refractivity contribution in [2.45, 2.75) is 32.2 Å². The molecule has 1 aliphatic heterocycles. The minimum absolute atomic E-state index is 0.0250. The number of likely N-dealkylation sites (tertiary alicyclic amines) is 1. The number of hydrogen-bond acceptors (Lipinski definition) is 4. The Morgan fingerprint density at radius 3 is 2.75 bits per heavy atom. The number of benzene rings is 1. The van der Waals surface area contributed by atoms with E-state index in [9.17, 15) is 9.59 Å². The van der Waals surface area contributed by atoms with Crippen molar-refractivity contribution in [1.29, 1.82) is 0 Å². The van der Waals surface area contributed by atoms with Crippen LogP contribution >= 0.6 is 11.3 Å². The molecular formula is C22H28N2O3S. The van der Waals surface area contributed by atoms with Crippen LogP contribution in [0.1, 0.15) is 34.9 Å². The van der Waals surface area contributed by atoms with Crippen LogP contribution in [0.2, 0.25) is 0 Å². The molecule has 1 aromatic heterocycles.